The molecule has 0 unspecified atom stereocenters. The molecule has 0 N–H and O–H groups in total. The molecule has 2 aromatic carbocycles. The van der Waals surface area contributed by atoms with Crippen LogP contribution in [0.3, 0.4) is 0 Å². The first-order valence-electron chi connectivity index (χ1n) is 6.71. The number of hydrogen-bond acceptors (Lipinski definition) is 1. The number of aliphatic imine (C=N–C) groups is 1. The molecule has 0 bridgehead atoms. The van der Waals surface area contributed by atoms with Gasteiger partial charge in [0, 0.05) is 11.1 Å². The average Bonchev–Trinajstić information content (AvgIpc) is 2.40. The van der Waals surface area contributed by atoms with E-state index in [9.17, 15) is 0 Å². The zero-order valence-electron chi connectivity index (χ0n) is 11.9. The molecule has 19 heavy (non-hydrogen) atoms. The Hall–Kier alpha value is -1.67. The van der Waals surface area contributed by atoms with Crippen molar-refractivity contribution in [3.05, 3.63) is 71.8 Å². The van der Waals surface area contributed by atoms with Gasteiger partial charge in [-0.25, -0.2) is 0 Å². The van der Waals surface area contributed by atoms with E-state index in [1.54, 1.807) is 0 Å². The summed E-state index contributed by atoms with van der Waals surface area (Å²) in [5.74, 6) is 0. The first kappa shape index (κ1) is 13.8. The van der Waals surface area contributed by atoms with Crippen molar-refractivity contribution in [2.45, 2.75) is 19.6 Å². The van der Waals surface area contributed by atoms with Crippen LogP contribution in [0.15, 0.2) is 65.7 Å². The molecule has 0 saturated carbocycles. The molecule has 0 aliphatic rings. The van der Waals surface area contributed by atoms with Gasteiger partial charge in [-0.1, -0.05) is 66.8 Å². The lowest BCUT2D eigenvalue weighted by Crippen LogP contribution is -2.26. The maximum absolute atomic E-state index is 4.91. The highest BCUT2D eigenvalue weighted by atomic mass is 28.3. The molecule has 0 radical (unpaired) electrons. The van der Waals surface area contributed by atoms with Gasteiger partial charge in [-0.2, -0.15) is 19.6 Å². The van der Waals surface area contributed by atoms with Crippen molar-refractivity contribution in [2.75, 3.05) is 6.17 Å². The van der Waals surface area contributed by atoms with Crippen LogP contribution in [0, 0.1) is 0 Å². The van der Waals surface area contributed by atoms with Gasteiger partial charge >= 0.3 is 0 Å². The minimum absolute atomic E-state index is 0.964. The largest absolute Gasteiger partial charge is 0.318 e. The Balaban J connectivity index is 2.40. The first-order chi connectivity index (χ1) is 9.06. The molecular weight excluding hydrogens is 246 g/mol. The van der Waals surface area contributed by atoms with Crippen molar-refractivity contribution >= 4 is 13.8 Å². The lowest BCUT2D eigenvalue weighted by Gasteiger charge is -2.25. The standard InChI is InChI=1S/C17H21NSi/c1-19(2,3)14-18-17(15-10-6-4-7-11-15)16-12-8-5-9-13-16/h4-13H,14H2,1-3H3/q-1. The summed E-state index contributed by atoms with van der Waals surface area (Å²) in [6.07, 6.45) is 0.964. The Morgan fingerprint density at radius 2 is 1.21 bits per heavy atom. The fourth-order valence-corrected chi connectivity index (χ4v) is 2.49. The summed E-state index contributed by atoms with van der Waals surface area (Å²) in [5, 5.41) is 0. The van der Waals surface area contributed by atoms with E-state index >= 15 is 0 Å². The van der Waals surface area contributed by atoms with Crippen LogP contribution in [-0.4, -0.2) is 20.0 Å². The maximum atomic E-state index is 4.91. The summed E-state index contributed by atoms with van der Waals surface area (Å²) in [4.78, 5) is 4.91. The van der Waals surface area contributed by atoms with Gasteiger partial charge < -0.3 is 4.99 Å². The molecule has 0 spiro atoms. The van der Waals surface area contributed by atoms with E-state index in [4.69, 9.17) is 4.99 Å². The fraction of sp³-hybridized carbons (Fsp3) is 0.235. The summed E-state index contributed by atoms with van der Waals surface area (Å²) < 4.78 is 0. The van der Waals surface area contributed by atoms with E-state index in [0.717, 1.165) is 11.9 Å². The Morgan fingerprint density at radius 1 is 0.789 bits per heavy atom. The van der Waals surface area contributed by atoms with Crippen molar-refractivity contribution in [3.63, 3.8) is 0 Å². The van der Waals surface area contributed by atoms with Crippen LogP contribution in [-0.2, 0) is 0 Å². The predicted molar refractivity (Wildman–Crippen MR) is 86.7 cm³/mol. The van der Waals surface area contributed by atoms with E-state index in [1.807, 2.05) is 12.1 Å². The van der Waals surface area contributed by atoms with E-state index in [0.29, 0.717) is 0 Å². The summed E-state index contributed by atoms with van der Waals surface area (Å²) >= 11 is 0. The highest BCUT2D eigenvalue weighted by Crippen LogP contribution is 2.12. The SMILES string of the molecule is C[Si-](C)(C)CN=C(c1ccccc1)c1ccccc1. The van der Waals surface area contributed by atoms with Crippen LogP contribution in [0.25, 0.3) is 0 Å². The van der Waals surface area contributed by atoms with Gasteiger partial charge in [-0.3, -0.25) is 0 Å². The molecule has 0 heterocycles. The molecule has 0 amide bonds. The quantitative estimate of drug-likeness (QED) is 0.575. The minimum Gasteiger partial charge on any atom is -0.318 e. The van der Waals surface area contributed by atoms with Crippen molar-refractivity contribution in [2.24, 2.45) is 4.99 Å². The average molecular weight is 267 g/mol. The summed E-state index contributed by atoms with van der Waals surface area (Å²) in [6.45, 7) is 7.05. The molecular formula is C17H21NSi-. The lowest BCUT2D eigenvalue weighted by atomic mass is 10.0. The van der Waals surface area contributed by atoms with Crippen LogP contribution in [0.5, 0.6) is 0 Å². The highest BCUT2D eigenvalue weighted by Gasteiger charge is 2.07. The Bertz CT molecular complexity index is 497. The number of benzene rings is 2. The smallest absolute Gasteiger partial charge is 0.0683 e. The van der Waals surface area contributed by atoms with E-state index in [-0.39, 0.29) is 0 Å². The van der Waals surface area contributed by atoms with Gasteiger partial charge in [0.05, 0.1) is 5.71 Å². The van der Waals surface area contributed by atoms with Crippen molar-refractivity contribution in [1.82, 2.24) is 0 Å². The molecule has 2 aromatic rings. The number of nitrogens with zero attached hydrogens (tertiary/aromatic N) is 1. The number of rotatable bonds is 4. The highest BCUT2D eigenvalue weighted by molar-refractivity contribution is 6.76. The van der Waals surface area contributed by atoms with Gasteiger partial charge in [-0.15, -0.1) is 8.07 Å². The predicted octanol–water partition coefficient (Wildman–Crippen LogP) is 4.40. The third-order valence-electron chi connectivity index (χ3n) is 2.81. The van der Waals surface area contributed by atoms with Crippen molar-refractivity contribution < 1.29 is 0 Å². The van der Waals surface area contributed by atoms with Gasteiger partial charge in [0.2, 0.25) is 0 Å². The van der Waals surface area contributed by atoms with Gasteiger partial charge in [0.15, 0.2) is 0 Å². The Kier molecular flexibility index (Phi) is 4.33. The molecule has 0 aliphatic carbocycles. The summed E-state index contributed by atoms with van der Waals surface area (Å²) in [5.41, 5.74) is 3.52. The molecule has 1 nitrogen and oxygen atoms in total. The number of hydrogen-bond donors (Lipinski definition) is 0. The molecule has 0 aliphatic heterocycles. The normalized spacial score (nSPS) is 11.1. The van der Waals surface area contributed by atoms with Crippen LogP contribution in [0.1, 0.15) is 11.1 Å². The minimum atomic E-state index is -1.17. The zero-order valence-corrected chi connectivity index (χ0v) is 12.9. The van der Waals surface area contributed by atoms with E-state index < -0.39 is 8.07 Å². The monoisotopic (exact) mass is 267 g/mol. The lowest BCUT2D eigenvalue weighted by molar-refractivity contribution is 1.27. The van der Waals surface area contributed by atoms with E-state index in [2.05, 4.69) is 68.2 Å². The summed E-state index contributed by atoms with van der Waals surface area (Å²) in [6, 6.07) is 20.9. The molecule has 0 saturated heterocycles. The topological polar surface area (TPSA) is 12.4 Å². The van der Waals surface area contributed by atoms with Crippen LogP contribution in [0.2, 0.25) is 19.6 Å². The third kappa shape index (κ3) is 4.18. The van der Waals surface area contributed by atoms with Gasteiger partial charge in [-0.05, 0) is 0 Å². The molecule has 0 fully saturated rings. The third-order valence-corrected chi connectivity index (χ3v) is 3.91. The molecule has 99 valence electrons. The van der Waals surface area contributed by atoms with Gasteiger partial charge in [0.25, 0.3) is 0 Å². The fourth-order valence-electron chi connectivity index (χ4n) is 1.86. The van der Waals surface area contributed by atoms with Crippen LogP contribution >= 0.6 is 0 Å². The second-order valence-electron chi connectivity index (χ2n) is 5.96. The van der Waals surface area contributed by atoms with Gasteiger partial charge in [0.1, 0.15) is 0 Å². The van der Waals surface area contributed by atoms with Crippen molar-refractivity contribution in [1.29, 1.82) is 0 Å². The second-order valence-corrected chi connectivity index (χ2v) is 11.4. The first-order valence-corrected chi connectivity index (χ1v) is 10.4. The Morgan fingerprint density at radius 3 is 1.58 bits per heavy atom. The maximum Gasteiger partial charge on any atom is 0.0683 e. The molecule has 0 atom stereocenters. The van der Waals surface area contributed by atoms with E-state index in [1.165, 1.54) is 11.1 Å². The van der Waals surface area contributed by atoms with Crippen LogP contribution in [0.4, 0.5) is 0 Å². The Labute approximate surface area is 117 Å². The van der Waals surface area contributed by atoms with Crippen LogP contribution < -0.4 is 0 Å². The second kappa shape index (κ2) is 5.98. The molecule has 2 heteroatoms. The molecule has 2 rings (SSSR count). The molecule has 0 aromatic heterocycles. The van der Waals surface area contributed by atoms with Crippen molar-refractivity contribution in [3.8, 4) is 0 Å². The zero-order chi connectivity index (χ0) is 13.7. The summed E-state index contributed by atoms with van der Waals surface area (Å²) in [7, 11) is -1.17.